The van der Waals surface area contributed by atoms with Crippen molar-refractivity contribution in [2.24, 2.45) is 7.05 Å². The zero-order valence-electron chi connectivity index (χ0n) is 17.7. The van der Waals surface area contributed by atoms with Crippen molar-refractivity contribution >= 4 is 11.0 Å². The van der Waals surface area contributed by atoms with Crippen LogP contribution in [0.4, 0.5) is 0 Å². The molecule has 0 bridgehead atoms. The Kier molecular flexibility index (Phi) is 4.99. The molecule has 0 saturated carbocycles. The number of pyridine rings is 3. The smallest absolute Gasteiger partial charge is 0.292 e. The van der Waals surface area contributed by atoms with Crippen LogP contribution in [0.3, 0.4) is 0 Å². The van der Waals surface area contributed by atoms with Gasteiger partial charge in [-0.2, -0.15) is 0 Å². The number of hydrogen-bond donors (Lipinski definition) is 0. The predicted octanol–water partition coefficient (Wildman–Crippen LogP) is 3.84. The third kappa shape index (κ3) is 3.43. The maximum absolute atomic E-state index is 12.2. The molecular weight excluding hydrogens is 402 g/mol. The van der Waals surface area contributed by atoms with E-state index in [0.29, 0.717) is 5.75 Å². The normalized spacial score (nSPS) is 11.2. The summed E-state index contributed by atoms with van der Waals surface area (Å²) in [7, 11) is 3.22. The van der Waals surface area contributed by atoms with Gasteiger partial charge < -0.3 is 13.9 Å². The molecule has 0 atom stereocenters. The number of aryl methyl sites for hydroxylation is 1. The summed E-state index contributed by atoms with van der Waals surface area (Å²) in [4.78, 5) is 26.0. The van der Waals surface area contributed by atoms with E-state index in [1.54, 1.807) is 25.5 Å². The molecule has 158 valence electrons. The Bertz CT molecular complexity index is 1400. The number of hydrogen-bond acceptors (Lipinski definition) is 5. The molecule has 0 unspecified atom stereocenters. The van der Waals surface area contributed by atoms with Gasteiger partial charge in [-0.3, -0.25) is 14.8 Å². The molecule has 0 spiro atoms. The Morgan fingerprint density at radius 1 is 0.875 bits per heavy atom. The van der Waals surface area contributed by atoms with Gasteiger partial charge >= 0.3 is 0 Å². The third-order valence-corrected chi connectivity index (χ3v) is 5.49. The molecule has 0 aliphatic heterocycles. The fourth-order valence-corrected chi connectivity index (χ4v) is 3.91. The third-order valence-electron chi connectivity index (χ3n) is 5.49. The molecule has 32 heavy (non-hydrogen) atoms. The van der Waals surface area contributed by atoms with Crippen LogP contribution in [0.15, 0.2) is 90.4 Å². The van der Waals surface area contributed by atoms with Crippen molar-refractivity contribution in [3.8, 4) is 16.9 Å². The van der Waals surface area contributed by atoms with Gasteiger partial charge in [0.2, 0.25) is 0 Å². The minimum atomic E-state index is -0.229. The van der Waals surface area contributed by atoms with Gasteiger partial charge in [-0.05, 0) is 48.0 Å². The Morgan fingerprint density at radius 3 is 2.22 bits per heavy atom. The molecule has 7 heteroatoms. The van der Waals surface area contributed by atoms with Crippen LogP contribution in [0.25, 0.3) is 22.2 Å². The fraction of sp³-hybridized carbons (Fsp3) is 0.120. The first-order valence-electron chi connectivity index (χ1n) is 10.2. The quantitative estimate of drug-likeness (QED) is 0.429. The zero-order chi connectivity index (χ0) is 22.1. The first kappa shape index (κ1) is 19.7. The molecule has 7 nitrogen and oxygen atoms in total. The van der Waals surface area contributed by atoms with E-state index in [0.717, 1.165) is 33.5 Å². The number of imidazole rings is 1. The summed E-state index contributed by atoms with van der Waals surface area (Å²) < 4.78 is 8.88. The molecule has 0 saturated heterocycles. The number of rotatable bonds is 5. The predicted molar refractivity (Wildman–Crippen MR) is 123 cm³/mol. The van der Waals surface area contributed by atoms with Crippen molar-refractivity contribution in [2.45, 2.75) is 6.04 Å². The average molecular weight is 423 g/mol. The topological polar surface area (TPSA) is 74.8 Å². The summed E-state index contributed by atoms with van der Waals surface area (Å²) in [5, 5.41) is 0. The van der Waals surface area contributed by atoms with Crippen LogP contribution in [0.2, 0.25) is 0 Å². The lowest BCUT2D eigenvalue weighted by molar-refractivity contribution is 0.405. The number of benzene rings is 1. The second-order valence-corrected chi connectivity index (χ2v) is 7.48. The van der Waals surface area contributed by atoms with Crippen LogP contribution in [0, 0.1) is 0 Å². The first-order chi connectivity index (χ1) is 15.7. The summed E-state index contributed by atoms with van der Waals surface area (Å²) in [6.07, 6.45) is 7.20. The number of nitrogens with zero attached hydrogens (tertiary/aromatic N) is 5. The highest BCUT2D eigenvalue weighted by atomic mass is 16.5. The highest BCUT2D eigenvalue weighted by Crippen LogP contribution is 2.30. The largest absolute Gasteiger partial charge is 0.491 e. The minimum Gasteiger partial charge on any atom is -0.491 e. The molecule has 5 rings (SSSR count). The molecule has 0 aliphatic rings. The van der Waals surface area contributed by atoms with Crippen molar-refractivity contribution in [2.75, 3.05) is 7.11 Å². The Hall–Kier alpha value is -4.26. The van der Waals surface area contributed by atoms with Crippen molar-refractivity contribution in [1.82, 2.24) is 24.1 Å². The Morgan fingerprint density at radius 2 is 1.59 bits per heavy atom. The maximum Gasteiger partial charge on any atom is 0.292 e. The SMILES string of the molecule is COc1cc(-c2ccc3ncn(C(c4ccccn4)c4ccccn4)c3c2)cn(C)c1=O. The summed E-state index contributed by atoms with van der Waals surface area (Å²) in [6, 6.07) is 19.3. The molecule has 0 aliphatic carbocycles. The molecule has 5 aromatic rings. The van der Waals surface area contributed by atoms with Crippen LogP contribution in [0.1, 0.15) is 17.4 Å². The van der Waals surface area contributed by atoms with E-state index in [-0.39, 0.29) is 11.6 Å². The van der Waals surface area contributed by atoms with E-state index in [1.807, 2.05) is 61.1 Å². The Balaban J connectivity index is 1.70. The number of fused-ring (bicyclic) bond motifs is 1. The van der Waals surface area contributed by atoms with E-state index in [2.05, 4.69) is 25.6 Å². The summed E-state index contributed by atoms with van der Waals surface area (Å²) >= 11 is 0. The number of ether oxygens (including phenoxy) is 1. The molecule has 0 fully saturated rings. The van der Waals surface area contributed by atoms with E-state index >= 15 is 0 Å². The second-order valence-electron chi connectivity index (χ2n) is 7.48. The first-order valence-corrected chi connectivity index (χ1v) is 10.2. The lowest BCUT2D eigenvalue weighted by Gasteiger charge is -2.19. The van der Waals surface area contributed by atoms with Gasteiger partial charge in [-0.1, -0.05) is 18.2 Å². The lowest BCUT2D eigenvalue weighted by Crippen LogP contribution is -2.17. The van der Waals surface area contributed by atoms with Crippen LogP contribution < -0.4 is 10.3 Å². The van der Waals surface area contributed by atoms with Gasteiger partial charge in [0.25, 0.3) is 5.56 Å². The van der Waals surface area contributed by atoms with E-state index in [1.165, 1.54) is 11.7 Å². The zero-order valence-corrected chi connectivity index (χ0v) is 17.7. The van der Waals surface area contributed by atoms with Crippen LogP contribution in [-0.2, 0) is 7.05 Å². The van der Waals surface area contributed by atoms with Gasteiger partial charge in [0.05, 0.1) is 35.9 Å². The standard InChI is InChI=1S/C25H21N5O2/c1-29-15-18(14-23(32-2)25(29)31)17-9-10-19-22(13-17)30(16-28-19)24(20-7-3-5-11-26-20)21-8-4-6-12-27-21/h3-16,24H,1-2H3. The van der Waals surface area contributed by atoms with Crippen molar-refractivity contribution in [3.05, 3.63) is 107 Å². The van der Waals surface area contributed by atoms with Gasteiger partial charge in [0.1, 0.15) is 6.04 Å². The van der Waals surface area contributed by atoms with E-state index < -0.39 is 0 Å². The molecule has 1 aromatic carbocycles. The van der Waals surface area contributed by atoms with Gasteiger partial charge in [0, 0.05) is 31.2 Å². The minimum absolute atomic E-state index is 0.173. The average Bonchev–Trinajstić information content (AvgIpc) is 3.25. The molecule has 0 radical (unpaired) electrons. The fourth-order valence-electron chi connectivity index (χ4n) is 3.91. The van der Waals surface area contributed by atoms with Crippen LogP contribution in [0.5, 0.6) is 5.75 Å². The van der Waals surface area contributed by atoms with Crippen LogP contribution in [-0.4, -0.2) is 31.2 Å². The molecule has 4 aromatic heterocycles. The molecule has 0 amide bonds. The highest BCUT2D eigenvalue weighted by molar-refractivity contribution is 5.82. The molecule has 4 heterocycles. The highest BCUT2D eigenvalue weighted by Gasteiger charge is 2.21. The van der Waals surface area contributed by atoms with Gasteiger partial charge in [-0.15, -0.1) is 0 Å². The lowest BCUT2D eigenvalue weighted by atomic mass is 10.1. The Labute approximate surface area is 184 Å². The summed E-state index contributed by atoms with van der Waals surface area (Å²) in [5.41, 5.74) is 5.21. The van der Waals surface area contributed by atoms with Crippen molar-refractivity contribution in [3.63, 3.8) is 0 Å². The summed E-state index contributed by atoms with van der Waals surface area (Å²) in [6.45, 7) is 0. The van der Waals surface area contributed by atoms with Gasteiger partial charge in [-0.25, -0.2) is 4.98 Å². The monoisotopic (exact) mass is 423 g/mol. The van der Waals surface area contributed by atoms with Crippen LogP contribution >= 0.6 is 0 Å². The van der Waals surface area contributed by atoms with Gasteiger partial charge in [0.15, 0.2) is 5.75 Å². The second kappa shape index (κ2) is 8.11. The summed E-state index contributed by atoms with van der Waals surface area (Å²) in [5.74, 6) is 0.304. The van der Waals surface area contributed by atoms with Crippen molar-refractivity contribution < 1.29 is 4.74 Å². The molecule has 0 N–H and O–H groups in total. The number of aromatic nitrogens is 5. The number of methoxy groups -OCH3 is 1. The maximum atomic E-state index is 12.2. The van der Waals surface area contributed by atoms with E-state index in [9.17, 15) is 4.79 Å². The molecular formula is C25H21N5O2. The van der Waals surface area contributed by atoms with E-state index in [4.69, 9.17) is 4.74 Å². The van der Waals surface area contributed by atoms with Crippen molar-refractivity contribution in [1.29, 1.82) is 0 Å².